The topological polar surface area (TPSA) is 72.2 Å². The molecule has 0 saturated heterocycles. The van der Waals surface area contributed by atoms with E-state index in [9.17, 15) is 9.00 Å². The third-order valence-corrected chi connectivity index (χ3v) is 4.94. The standard InChI is InChI=1S/C13H13BrN2O3S/c1-16-9(4-6-15-16)5-7-20(19)10-2-3-12(14)11(8-10)13(17)18/h2-4,6,8H,5,7H2,1H3,(H,17,18). The zero-order valence-corrected chi connectivity index (χ0v) is 13.1. The van der Waals surface area contributed by atoms with Crippen molar-refractivity contribution in [2.75, 3.05) is 5.75 Å². The Morgan fingerprint density at radius 1 is 1.45 bits per heavy atom. The number of carboxylic acids is 1. The molecule has 0 saturated carbocycles. The van der Waals surface area contributed by atoms with Gasteiger partial charge in [0.15, 0.2) is 0 Å². The van der Waals surface area contributed by atoms with Crippen molar-refractivity contribution in [3.05, 3.63) is 46.2 Å². The number of carbonyl (C=O) groups is 1. The average Bonchev–Trinajstić information content (AvgIpc) is 2.81. The Morgan fingerprint density at radius 2 is 2.20 bits per heavy atom. The molecule has 0 amide bonds. The maximum atomic E-state index is 12.2. The molecule has 0 spiro atoms. The first-order chi connectivity index (χ1) is 9.49. The minimum absolute atomic E-state index is 0.122. The summed E-state index contributed by atoms with van der Waals surface area (Å²) >= 11 is 3.17. The molecular weight excluding hydrogens is 344 g/mol. The molecule has 0 fully saturated rings. The number of carboxylic acid groups (broad SMARTS) is 1. The van der Waals surface area contributed by atoms with Crippen molar-refractivity contribution >= 4 is 32.7 Å². The summed E-state index contributed by atoms with van der Waals surface area (Å²) in [6.07, 6.45) is 2.32. The fraction of sp³-hybridized carbons (Fsp3) is 0.231. The Morgan fingerprint density at radius 3 is 2.80 bits per heavy atom. The van der Waals surface area contributed by atoms with E-state index in [2.05, 4.69) is 21.0 Å². The second-order valence-corrected chi connectivity index (χ2v) is 6.62. The minimum atomic E-state index is -1.24. The first kappa shape index (κ1) is 14.9. The van der Waals surface area contributed by atoms with Crippen LogP contribution < -0.4 is 0 Å². The molecule has 7 heteroatoms. The zero-order chi connectivity index (χ0) is 14.7. The molecule has 5 nitrogen and oxygen atoms in total. The molecule has 1 heterocycles. The van der Waals surface area contributed by atoms with Crippen LogP contribution in [0.25, 0.3) is 0 Å². The minimum Gasteiger partial charge on any atom is -0.478 e. The van der Waals surface area contributed by atoms with Crippen LogP contribution in [0.1, 0.15) is 16.1 Å². The smallest absolute Gasteiger partial charge is 0.336 e. The number of hydrogen-bond acceptors (Lipinski definition) is 3. The van der Waals surface area contributed by atoms with Gasteiger partial charge in [0, 0.05) is 40.5 Å². The summed E-state index contributed by atoms with van der Waals surface area (Å²) in [4.78, 5) is 11.6. The Balaban J connectivity index is 2.12. The van der Waals surface area contributed by atoms with E-state index in [-0.39, 0.29) is 5.56 Å². The summed E-state index contributed by atoms with van der Waals surface area (Å²) in [6, 6.07) is 6.61. The van der Waals surface area contributed by atoms with Crippen LogP contribution in [0.3, 0.4) is 0 Å². The van der Waals surface area contributed by atoms with Crippen LogP contribution in [-0.4, -0.2) is 30.8 Å². The Hall–Kier alpha value is -1.47. The summed E-state index contributed by atoms with van der Waals surface area (Å²) < 4.78 is 14.4. The third-order valence-electron chi connectivity index (χ3n) is 2.90. The van der Waals surface area contributed by atoms with Gasteiger partial charge in [0.05, 0.1) is 16.4 Å². The van der Waals surface area contributed by atoms with E-state index in [1.807, 2.05) is 13.1 Å². The third kappa shape index (κ3) is 3.34. The normalized spacial score (nSPS) is 12.3. The van der Waals surface area contributed by atoms with Crippen LogP contribution in [0.5, 0.6) is 0 Å². The highest BCUT2D eigenvalue weighted by Crippen LogP contribution is 2.20. The van der Waals surface area contributed by atoms with E-state index >= 15 is 0 Å². The molecule has 1 aromatic carbocycles. The number of rotatable bonds is 5. The highest BCUT2D eigenvalue weighted by molar-refractivity contribution is 9.10. The second-order valence-electron chi connectivity index (χ2n) is 4.19. The summed E-state index contributed by atoms with van der Waals surface area (Å²) in [6.45, 7) is 0. The van der Waals surface area contributed by atoms with Gasteiger partial charge in [0.2, 0.25) is 0 Å². The van der Waals surface area contributed by atoms with Crippen LogP contribution in [0, 0.1) is 0 Å². The molecule has 20 heavy (non-hydrogen) atoms. The number of hydrogen-bond donors (Lipinski definition) is 1. The van der Waals surface area contributed by atoms with Crippen molar-refractivity contribution in [1.82, 2.24) is 9.78 Å². The number of benzene rings is 1. The van der Waals surface area contributed by atoms with Gasteiger partial charge < -0.3 is 5.11 Å². The van der Waals surface area contributed by atoms with Crippen LogP contribution >= 0.6 is 15.9 Å². The molecule has 0 aliphatic rings. The first-order valence-corrected chi connectivity index (χ1v) is 7.98. The van der Waals surface area contributed by atoms with Gasteiger partial charge in [-0.2, -0.15) is 5.10 Å². The van der Waals surface area contributed by atoms with E-state index in [0.717, 1.165) is 5.69 Å². The molecule has 1 aromatic heterocycles. The van der Waals surface area contributed by atoms with E-state index in [0.29, 0.717) is 21.5 Å². The lowest BCUT2D eigenvalue weighted by Gasteiger charge is -2.05. The van der Waals surface area contributed by atoms with Gasteiger partial charge in [0.1, 0.15) is 0 Å². The highest BCUT2D eigenvalue weighted by Gasteiger charge is 2.12. The van der Waals surface area contributed by atoms with Gasteiger partial charge in [-0.25, -0.2) is 4.79 Å². The maximum Gasteiger partial charge on any atom is 0.336 e. The highest BCUT2D eigenvalue weighted by atomic mass is 79.9. The molecule has 106 valence electrons. The van der Waals surface area contributed by atoms with Gasteiger partial charge in [-0.15, -0.1) is 0 Å². The van der Waals surface area contributed by atoms with Crippen LogP contribution in [-0.2, 0) is 24.3 Å². The average molecular weight is 357 g/mol. The Kier molecular flexibility index (Phi) is 4.72. The number of aryl methyl sites for hydroxylation is 2. The van der Waals surface area contributed by atoms with Gasteiger partial charge in [-0.1, -0.05) is 0 Å². The van der Waals surface area contributed by atoms with Gasteiger partial charge in [-0.3, -0.25) is 8.89 Å². The van der Waals surface area contributed by atoms with Crippen molar-refractivity contribution in [2.24, 2.45) is 7.05 Å². The molecule has 2 rings (SSSR count). The van der Waals surface area contributed by atoms with Gasteiger partial charge in [-0.05, 0) is 40.2 Å². The summed E-state index contributed by atoms with van der Waals surface area (Å²) in [5, 5.41) is 13.1. The predicted octanol–water partition coefficient (Wildman–Crippen LogP) is 2.23. The van der Waals surface area contributed by atoms with E-state index in [4.69, 9.17) is 5.11 Å². The molecule has 0 radical (unpaired) electrons. The van der Waals surface area contributed by atoms with Crippen molar-refractivity contribution < 1.29 is 14.1 Å². The molecule has 1 unspecified atom stereocenters. The summed E-state index contributed by atoms with van der Waals surface area (Å²) in [5.74, 6) is -0.609. The molecule has 0 bridgehead atoms. The first-order valence-electron chi connectivity index (χ1n) is 5.87. The molecule has 1 N–H and O–H groups in total. The van der Waals surface area contributed by atoms with E-state index in [1.165, 1.54) is 6.07 Å². The van der Waals surface area contributed by atoms with Gasteiger partial charge in [0.25, 0.3) is 0 Å². The molecule has 1 atom stereocenters. The maximum absolute atomic E-state index is 12.2. The number of halogens is 1. The molecule has 0 aliphatic carbocycles. The van der Waals surface area contributed by atoms with E-state index < -0.39 is 16.8 Å². The number of aromatic carboxylic acids is 1. The Bertz CT molecular complexity index is 669. The molecule has 0 aliphatic heterocycles. The summed E-state index contributed by atoms with van der Waals surface area (Å²) in [5.41, 5.74) is 1.12. The molecule has 2 aromatic rings. The van der Waals surface area contributed by atoms with Gasteiger partial charge >= 0.3 is 5.97 Å². The van der Waals surface area contributed by atoms with Crippen LogP contribution in [0.15, 0.2) is 39.8 Å². The fourth-order valence-electron chi connectivity index (χ4n) is 1.77. The monoisotopic (exact) mass is 356 g/mol. The zero-order valence-electron chi connectivity index (χ0n) is 10.7. The van der Waals surface area contributed by atoms with E-state index in [1.54, 1.807) is 23.0 Å². The van der Waals surface area contributed by atoms with Crippen molar-refractivity contribution in [3.8, 4) is 0 Å². The largest absolute Gasteiger partial charge is 0.478 e. The van der Waals surface area contributed by atoms with Crippen LogP contribution in [0.2, 0.25) is 0 Å². The van der Waals surface area contributed by atoms with Crippen molar-refractivity contribution in [1.29, 1.82) is 0 Å². The van der Waals surface area contributed by atoms with Crippen molar-refractivity contribution in [2.45, 2.75) is 11.3 Å². The lowest BCUT2D eigenvalue weighted by Crippen LogP contribution is -2.07. The lowest BCUT2D eigenvalue weighted by molar-refractivity contribution is 0.0695. The predicted molar refractivity (Wildman–Crippen MR) is 79.3 cm³/mol. The number of nitrogens with zero attached hydrogens (tertiary/aromatic N) is 2. The fourth-order valence-corrected chi connectivity index (χ4v) is 3.29. The quantitative estimate of drug-likeness (QED) is 0.891. The summed E-state index contributed by atoms with van der Waals surface area (Å²) in [7, 11) is 0.597. The molecular formula is C13H13BrN2O3S. The lowest BCUT2D eigenvalue weighted by atomic mass is 10.2. The van der Waals surface area contributed by atoms with Crippen LogP contribution in [0.4, 0.5) is 0 Å². The number of aromatic nitrogens is 2. The Labute approximate surface area is 127 Å². The van der Waals surface area contributed by atoms with Crippen molar-refractivity contribution in [3.63, 3.8) is 0 Å². The second kappa shape index (κ2) is 6.32. The SMILES string of the molecule is Cn1nccc1CCS(=O)c1ccc(Br)c(C(=O)O)c1.